The van der Waals surface area contributed by atoms with Crippen LogP contribution in [0.1, 0.15) is 70.0 Å². The van der Waals surface area contributed by atoms with Gasteiger partial charge in [-0.25, -0.2) is 0 Å². The molecule has 2 rings (SSSR count). The van der Waals surface area contributed by atoms with Gasteiger partial charge in [0, 0.05) is 18.4 Å². The quantitative estimate of drug-likeness (QED) is 0.873. The van der Waals surface area contributed by atoms with Crippen LogP contribution in [-0.4, -0.2) is 16.2 Å². The fraction of sp³-hybridized carbons (Fsp3) is 0.857. The number of nitrogens with two attached hydrogens (primary N) is 1. The van der Waals surface area contributed by atoms with Gasteiger partial charge in [0.2, 0.25) is 5.89 Å². The summed E-state index contributed by atoms with van der Waals surface area (Å²) in [5.41, 5.74) is 6.00. The van der Waals surface area contributed by atoms with Crippen LogP contribution in [0.15, 0.2) is 4.52 Å². The van der Waals surface area contributed by atoms with Gasteiger partial charge in [0.05, 0.1) is 0 Å². The Balaban J connectivity index is 1.92. The fourth-order valence-corrected chi connectivity index (χ4v) is 2.88. The molecule has 0 amide bonds. The highest BCUT2D eigenvalue weighted by atomic mass is 16.5. The Morgan fingerprint density at radius 1 is 1.44 bits per heavy atom. The molecule has 1 aromatic rings. The molecule has 0 aromatic carbocycles. The maximum absolute atomic E-state index is 6.00. The summed E-state index contributed by atoms with van der Waals surface area (Å²) in [6.45, 7) is 4.45. The van der Waals surface area contributed by atoms with Crippen LogP contribution in [0.5, 0.6) is 0 Å². The predicted molar refractivity (Wildman–Crippen MR) is 71.3 cm³/mol. The minimum Gasteiger partial charge on any atom is -0.339 e. The summed E-state index contributed by atoms with van der Waals surface area (Å²) in [5, 5.41) is 4.15. The number of rotatable bonds is 5. The van der Waals surface area contributed by atoms with E-state index in [4.69, 9.17) is 10.3 Å². The summed E-state index contributed by atoms with van der Waals surface area (Å²) in [6, 6.07) is 0.147. The van der Waals surface area contributed by atoms with E-state index in [-0.39, 0.29) is 6.04 Å². The van der Waals surface area contributed by atoms with Gasteiger partial charge in [-0.15, -0.1) is 0 Å². The van der Waals surface area contributed by atoms with Crippen molar-refractivity contribution in [3.05, 3.63) is 11.7 Å². The highest BCUT2D eigenvalue weighted by molar-refractivity contribution is 4.98. The zero-order chi connectivity index (χ0) is 13.0. The zero-order valence-corrected chi connectivity index (χ0v) is 11.6. The lowest BCUT2D eigenvalue weighted by atomic mass is 9.82. The summed E-state index contributed by atoms with van der Waals surface area (Å²) in [5.74, 6) is 2.89. The lowest BCUT2D eigenvalue weighted by Gasteiger charge is -2.23. The van der Waals surface area contributed by atoms with E-state index in [2.05, 4.69) is 24.0 Å². The van der Waals surface area contributed by atoms with E-state index in [0.29, 0.717) is 18.2 Å². The summed E-state index contributed by atoms with van der Waals surface area (Å²) in [6.07, 6.45) is 7.83. The van der Waals surface area contributed by atoms with Crippen molar-refractivity contribution in [2.24, 2.45) is 11.7 Å². The van der Waals surface area contributed by atoms with Crippen molar-refractivity contribution in [3.8, 4) is 0 Å². The Morgan fingerprint density at radius 3 is 3.00 bits per heavy atom. The van der Waals surface area contributed by atoms with E-state index in [0.717, 1.165) is 24.6 Å². The molecule has 4 nitrogen and oxygen atoms in total. The molecular weight excluding hydrogens is 226 g/mol. The molecular formula is C14H25N3O. The molecule has 2 N–H and O–H groups in total. The van der Waals surface area contributed by atoms with Crippen molar-refractivity contribution in [3.63, 3.8) is 0 Å². The van der Waals surface area contributed by atoms with Crippen LogP contribution >= 0.6 is 0 Å². The molecule has 0 saturated heterocycles. The van der Waals surface area contributed by atoms with Gasteiger partial charge in [0.25, 0.3) is 0 Å². The first-order chi connectivity index (χ1) is 8.69. The average molecular weight is 251 g/mol. The molecule has 3 unspecified atom stereocenters. The minimum absolute atomic E-state index is 0.147. The smallest absolute Gasteiger partial charge is 0.228 e. The van der Waals surface area contributed by atoms with Gasteiger partial charge in [-0.3, -0.25) is 0 Å². The monoisotopic (exact) mass is 251 g/mol. The van der Waals surface area contributed by atoms with E-state index >= 15 is 0 Å². The molecule has 1 aromatic heterocycles. The van der Waals surface area contributed by atoms with Gasteiger partial charge in [0.15, 0.2) is 5.82 Å². The van der Waals surface area contributed by atoms with Gasteiger partial charge >= 0.3 is 0 Å². The number of nitrogens with zero attached hydrogens (tertiary/aromatic N) is 2. The molecule has 0 radical (unpaired) electrons. The van der Waals surface area contributed by atoms with E-state index in [1.807, 2.05) is 0 Å². The van der Waals surface area contributed by atoms with Gasteiger partial charge in [0.1, 0.15) is 0 Å². The van der Waals surface area contributed by atoms with Crippen LogP contribution in [0.4, 0.5) is 0 Å². The molecule has 4 heteroatoms. The topological polar surface area (TPSA) is 64.9 Å². The molecule has 3 atom stereocenters. The largest absolute Gasteiger partial charge is 0.339 e. The van der Waals surface area contributed by atoms with Crippen LogP contribution in [0.2, 0.25) is 0 Å². The third-order valence-corrected chi connectivity index (χ3v) is 3.88. The standard InChI is InChI=1S/C14H25N3O/c1-3-5-12(15)9-13-16-14(17-18-13)11-7-4-6-10(2)8-11/h10-12H,3-9,15H2,1-2H3. The number of hydrogen-bond acceptors (Lipinski definition) is 4. The van der Waals surface area contributed by atoms with Gasteiger partial charge in [-0.2, -0.15) is 4.98 Å². The van der Waals surface area contributed by atoms with Crippen molar-refractivity contribution in [2.45, 2.75) is 70.8 Å². The molecule has 0 aliphatic heterocycles. The maximum Gasteiger partial charge on any atom is 0.228 e. The van der Waals surface area contributed by atoms with Gasteiger partial charge in [-0.1, -0.05) is 38.3 Å². The van der Waals surface area contributed by atoms with E-state index in [9.17, 15) is 0 Å². The summed E-state index contributed by atoms with van der Waals surface area (Å²) in [7, 11) is 0. The molecule has 1 heterocycles. The Bertz CT molecular complexity index is 364. The zero-order valence-electron chi connectivity index (χ0n) is 11.6. The minimum atomic E-state index is 0.147. The predicted octanol–water partition coefficient (Wildman–Crippen LogP) is 3.03. The maximum atomic E-state index is 6.00. The Morgan fingerprint density at radius 2 is 2.28 bits per heavy atom. The van der Waals surface area contributed by atoms with Crippen LogP contribution < -0.4 is 5.73 Å². The molecule has 1 saturated carbocycles. The Labute approximate surface area is 109 Å². The van der Waals surface area contributed by atoms with Gasteiger partial charge < -0.3 is 10.3 Å². The van der Waals surface area contributed by atoms with Crippen molar-refractivity contribution in [1.82, 2.24) is 10.1 Å². The molecule has 1 aliphatic rings. The molecule has 102 valence electrons. The Kier molecular flexibility index (Phi) is 4.75. The van der Waals surface area contributed by atoms with Crippen LogP contribution in [-0.2, 0) is 6.42 Å². The van der Waals surface area contributed by atoms with Crippen molar-refractivity contribution in [2.75, 3.05) is 0 Å². The summed E-state index contributed by atoms with van der Waals surface area (Å²) in [4.78, 5) is 4.53. The normalized spacial score (nSPS) is 26.2. The second-order valence-electron chi connectivity index (χ2n) is 5.77. The fourth-order valence-electron chi connectivity index (χ4n) is 2.88. The van der Waals surface area contributed by atoms with Gasteiger partial charge in [-0.05, 0) is 25.2 Å². The van der Waals surface area contributed by atoms with Crippen molar-refractivity contribution in [1.29, 1.82) is 0 Å². The lowest BCUT2D eigenvalue weighted by Crippen LogP contribution is -2.22. The molecule has 1 aliphatic carbocycles. The third kappa shape index (κ3) is 3.55. The third-order valence-electron chi connectivity index (χ3n) is 3.88. The molecule has 0 bridgehead atoms. The van der Waals surface area contributed by atoms with E-state index in [1.54, 1.807) is 0 Å². The van der Waals surface area contributed by atoms with Crippen molar-refractivity contribution >= 4 is 0 Å². The highest BCUT2D eigenvalue weighted by Gasteiger charge is 2.24. The molecule has 0 spiro atoms. The second-order valence-corrected chi connectivity index (χ2v) is 5.77. The van der Waals surface area contributed by atoms with E-state index in [1.165, 1.54) is 25.7 Å². The molecule has 18 heavy (non-hydrogen) atoms. The SMILES string of the molecule is CCCC(N)Cc1nc(C2CCCC(C)C2)no1. The first kappa shape index (κ1) is 13.5. The Hall–Kier alpha value is -0.900. The lowest BCUT2D eigenvalue weighted by molar-refractivity contribution is 0.318. The van der Waals surface area contributed by atoms with Crippen molar-refractivity contribution < 1.29 is 4.52 Å². The average Bonchev–Trinajstić information content (AvgIpc) is 2.78. The first-order valence-corrected chi connectivity index (χ1v) is 7.27. The molecule has 1 fully saturated rings. The number of hydrogen-bond donors (Lipinski definition) is 1. The summed E-state index contributed by atoms with van der Waals surface area (Å²) < 4.78 is 5.33. The summed E-state index contributed by atoms with van der Waals surface area (Å²) >= 11 is 0. The van der Waals surface area contributed by atoms with Crippen LogP contribution in [0.25, 0.3) is 0 Å². The van der Waals surface area contributed by atoms with Crippen LogP contribution in [0.3, 0.4) is 0 Å². The van der Waals surface area contributed by atoms with E-state index < -0.39 is 0 Å². The second kappa shape index (κ2) is 6.32. The number of aromatic nitrogens is 2. The van der Waals surface area contributed by atoms with Crippen LogP contribution in [0, 0.1) is 5.92 Å². The highest BCUT2D eigenvalue weighted by Crippen LogP contribution is 2.34. The first-order valence-electron chi connectivity index (χ1n) is 7.27.